The molecule has 1 aromatic carbocycles. The number of amides is 1. The van der Waals surface area contributed by atoms with Crippen molar-refractivity contribution in [2.75, 3.05) is 16.6 Å². The molecule has 0 unspecified atom stereocenters. The van der Waals surface area contributed by atoms with Crippen molar-refractivity contribution in [1.29, 1.82) is 0 Å². The Kier molecular flexibility index (Phi) is 4.94. The van der Waals surface area contributed by atoms with E-state index < -0.39 is 22.5 Å². The number of benzene rings is 1. The number of hydrogen-bond acceptors (Lipinski definition) is 4. The molecule has 0 saturated heterocycles. The molecule has 1 amide bonds. The molecule has 0 fully saturated rings. The van der Waals surface area contributed by atoms with Gasteiger partial charge in [-0.25, -0.2) is 14.3 Å². The number of anilines is 1. The maximum Gasteiger partial charge on any atom is 0.254 e. The molecule has 0 radical (unpaired) electrons. The van der Waals surface area contributed by atoms with Crippen LogP contribution in [0.2, 0.25) is 5.02 Å². The minimum absolute atomic E-state index is 0.143. The van der Waals surface area contributed by atoms with E-state index in [1.807, 2.05) is 5.43 Å². The summed E-state index contributed by atoms with van der Waals surface area (Å²) in [4.78, 5) is 11.3. The first-order valence-corrected chi connectivity index (χ1v) is 7.15. The fourth-order valence-corrected chi connectivity index (χ4v) is 2.69. The number of para-hydroxylation sites is 1. The predicted molar refractivity (Wildman–Crippen MR) is 70.6 cm³/mol. The number of carbonyl (C=O) groups excluding carboxylic acids is 1. The second-order valence-corrected chi connectivity index (χ2v) is 6.02. The number of rotatable bonds is 5. The topological polar surface area (TPSA) is 92.5 Å². The van der Waals surface area contributed by atoms with Gasteiger partial charge in [0.25, 0.3) is 5.91 Å². The minimum atomic E-state index is -3.61. The molecule has 0 bridgehead atoms. The number of hydrogen-bond donors (Lipinski definition) is 2. The van der Waals surface area contributed by atoms with Gasteiger partial charge >= 0.3 is 0 Å². The molecular formula is C10H14ClN3O3S. The van der Waals surface area contributed by atoms with E-state index in [0.29, 0.717) is 0 Å². The molecule has 0 saturated carbocycles. The zero-order valence-electron chi connectivity index (χ0n) is 9.76. The second-order valence-electron chi connectivity index (χ2n) is 3.43. The number of hydrazine groups is 1. The van der Waals surface area contributed by atoms with Gasteiger partial charge in [0.2, 0.25) is 10.0 Å². The third kappa shape index (κ3) is 3.34. The molecule has 8 heteroatoms. The normalized spacial score (nSPS) is 11.1. The molecule has 100 valence electrons. The molecule has 0 heterocycles. The third-order valence-corrected chi connectivity index (χ3v) is 4.32. The zero-order valence-corrected chi connectivity index (χ0v) is 11.3. The van der Waals surface area contributed by atoms with Crippen LogP contribution in [0, 0.1) is 0 Å². The predicted octanol–water partition coefficient (Wildman–Crippen LogP) is 0.486. The van der Waals surface area contributed by atoms with Crippen LogP contribution in [0.15, 0.2) is 24.3 Å². The van der Waals surface area contributed by atoms with Gasteiger partial charge in [0.05, 0.1) is 16.5 Å². The summed E-state index contributed by atoms with van der Waals surface area (Å²) in [7, 11) is -3.61. The van der Waals surface area contributed by atoms with Gasteiger partial charge in [0, 0.05) is 0 Å². The highest BCUT2D eigenvalue weighted by Crippen LogP contribution is 2.27. The molecule has 0 aliphatic heterocycles. The average molecular weight is 292 g/mol. The number of nitrogens with two attached hydrogens (primary N) is 1. The number of halogens is 1. The quantitative estimate of drug-likeness (QED) is 0.469. The minimum Gasteiger partial charge on any atom is -0.293 e. The number of carbonyl (C=O) groups is 1. The Bertz CT molecular complexity index is 533. The summed E-state index contributed by atoms with van der Waals surface area (Å²) in [5.41, 5.74) is 2.15. The van der Waals surface area contributed by atoms with Crippen LogP contribution in [-0.2, 0) is 14.8 Å². The van der Waals surface area contributed by atoms with Gasteiger partial charge in [-0.2, -0.15) is 0 Å². The molecule has 0 atom stereocenters. The summed E-state index contributed by atoms with van der Waals surface area (Å²) in [6, 6.07) is 6.39. The summed E-state index contributed by atoms with van der Waals surface area (Å²) < 4.78 is 24.8. The van der Waals surface area contributed by atoms with Gasteiger partial charge in [0.1, 0.15) is 6.54 Å². The van der Waals surface area contributed by atoms with E-state index >= 15 is 0 Å². The molecule has 0 spiro atoms. The standard InChI is InChI=1S/C10H14ClN3O3S/c1-2-18(16,17)14(7-10(15)13-12)9-6-4-3-5-8(9)11/h3-6H,2,7,12H2,1H3,(H,13,15). The first-order chi connectivity index (χ1) is 8.42. The first kappa shape index (κ1) is 14.7. The Morgan fingerprint density at radius 1 is 1.44 bits per heavy atom. The highest BCUT2D eigenvalue weighted by atomic mass is 35.5. The average Bonchev–Trinajstić information content (AvgIpc) is 2.36. The smallest absolute Gasteiger partial charge is 0.254 e. The van der Waals surface area contributed by atoms with Crippen molar-refractivity contribution in [2.45, 2.75) is 6.92 Å². The SMILES string of the molecule is CCS(=O)(=O)N(CC(=O)NN)c1ccccc1Cl. The molecule has 6 nitrogen and oxygen atoms in total. The Labute approximate surface area is 111 Å². The van der Waals surface area contributed by atoms with Crippen LogP contribution in [0.4, 0.5) is 5.69 Å². The second kappa shape index (κ2) is 6.03. The Morgan fingerprint density at radius 3 is 2.56 bits per heavy atom. The Morgan fingerprint density at radius 2 is 2.06 bits per heavy atom. The van der Waals surface area contributed by atoms with E-state index in [-0.39, 0.29) is 16.5 Å². The molecular weight excluding hydrogens is 278 g/mol. The van der Waals surface area contributed by atoms with Crippen LogP contribution < -0.4 is 15.6 Å². The van der Waals surface area contributed by atoms with Crippen molar-refractivity contribution in [3.8, 4) is 0 Å². The summed E-state index contributed by atoms with van der Waals surface area (Å²) in [5.74, 6) is 4.21. The highest BCUT2D eigenvalue weighted by Gasteiger charge is 2.24. The molecule has 1 rings (SSSR count). The monoisotopic (exact) mass is 291 g/mol. The Hall–Kier alpha value is -1.31. The maximum absolute atomic E-state index is 12.0. The summed E-state index contributed by atoms with van der Waals surface area (Å²) >= 11 is 5.94. The van der Waals surface area contributed by atoms with Gasteiger partial charge in [-0.15, -0.1) is 0 Å². The van der Waals surface area contributed by atoms with E-state index in [4.69, 9.17) is 17.4 Å². The lowest BCUT2D eigenvalue weighted by atomic mass is 10.3. The van der Waals surface area contributed by atoms with Gasteiger partial charge < -0.3 is 0 Å². The fourth-order valence-electron chi connectivity index (χ4n) is 1.32. The molecule has 0 aliphatic carbocycles. The largest absolute Gasteiger partial charge is 0.293 e. The molecule has 3 N–H and O–H groups in total. The van der Waals surface area contributed by atoms with Gasteiger partial charge in [0.15, 0.2) is 0 Å². The van der Waals surface area contributed by atoms with Crippen molar-refractivity contribution in [3.63, 3.8) is 0 Å². The van der Waals surface area contributed by atoms with Crippen molar-refractivity contribution in [1.82, 2.24) is 5.43 Å². The number of nitrogens with zero attached hydrogens (tertiary/aromatic N) is 1. The van der Waals surface area contributed by atoms with Crippen molar-refractivity contribution < 1.29 is 13.2 Å². The summed E-state index contributed by atoms with van der Waals surface area (Å²) in [6.07, 6.45) is 0. The lowest BCUT2D eigenvalue weighted by Crippen LogP contribution is -2.43. The maximum atomic E-state index is 12.0. The molecule has 18 heavy (non-hydrogen) atoms. The van der Waals surface area contributed by atoms with Crippen molar-refractivity contribution in [3.05, 3.63) is 29.3 Å². The van der Waals surface area contributed by atoms with Crippen molar-refractivity contribution in [2.24, 2.45) is 5.84 Å². The van der Waals surface area contributed by atoms with Gasteiger partial charge in [-0.05, 0) is 19.1 Å². The Balaban J connectivity index is 3.22. The summed E-state index contributed by atoms with van der Waals surface area (Å²) in [5, 5.41) is 0.249. The summed E-state index contributed by atoms with van der Waals surface area (Å²) in [6.45, 7) is 1.08. The zero-order chi connectivity index (χ0) is 13.8. The van der Waals surface area contributed by atoms with Crippen LogP contribution >= 0.6 is 11.6 Å². The van der Waals surface area contributed by atoms with E-state index in [1.54, 1.807) is 18.2 Å². The van der Waals surface area contributed by atoms with Gasteiger partial charge in [-0.3, -0.25) is 14.5 Å². The number of nitrogens with one attached hydrogen (secondary N) is 1. The van der Waals surface area contributed by atoms with Crippen LogP contribution in [0.25, 0.3) is 0 Å². The van der Waals surface area contributed by atoms with Gasteiger partial charge in [-0.1, -0.05) is 23.7 Å². The van der Waals surface area contributed by atoms with Crippen LogP contribution in [0.3, 0.4) is 0 Å². The van der Waals surface area contributed by atoms with Crippen molar-refractivity contribution >= 4 is 33.2 Å². The lowest BCUT2D eigenvalue weighted by Gasteiger charge is -2.23. The number of sulfonamides is 1. The van der Waals surface area contributed by atoms with E-state index in [0.717, 1.165) is 4.31 Å². The first-order valence-electron chi connectivity index (χ1n) is 5.16. The lowest BCUT2D eigenvalue weighted by molar-refractivity contribution is -0.119. The van der Waals surface area contributed by atoms with E-state index in [2.05, 4.69) is 0 Å². The third-order valence-electron chi connectivity index (χ3n) is 2.27. The van der Waals surface area contributed by atoms with Crippen LogP contribution in [0.1, 0.15) is 6.92 Å². The molecule has 0 aliphatic rings. The van der Waals surface area contributed by atoms with E-state index in [9.17, 15) is 13.2 Å². The molecule has 0 aromatic heterocycles. The highest BCUT2D eigenvalue weighted by molar-refractivity contribution is 7.92. The van der Waals surface area contributed by atoms with Crippen LogP contribution in [0.5, 0.6) is 0 Å². The van der Waals surface area contributed by atoms with E-state index in [1.165, 1.54) is 13.0 Å². The fraction of sp³-hybridized carbons (Fsp3) is 0.300. The van der Waals surface area contributed by atoms with Crippen LogP contribution in [-0.4, -0.2) is 26.6 Å². The molecule has 1 aromatic rings.